The SMILES string of the molecule is Cc1ccc(C)c(S(=O)(=O)N2CCN(CC(=O)Nc3ccc(C#N)c(Cl)c3)CC2)c1. The molecule has 1 fully saturated rings. The number of carbonyl (C=O) groups excluding carboxylic acids is 1. The molecule has 1 heterocycles. The second-order valence-corrected chi connectivity index (χ2v) is 9.62. The molecule has 30 heavy (non-hydrogen) atoms. The lowest BCUT2D eigenvalue weighted by atomic mass is 10.2. The normalized spacial score (nSPS) is 15.5. The van der Waals surface area contributed by atoms with Crippen molar-refractivity contribution in [3.05, 3.63) is 58.1 Å². The minimum atomic E-state index is -3.56. The second-order valence-electron chi connectivity index (χ2n) is 7.30. The first kappa shape index (κ1) is 22.2. The predicted molar refractivity (Wildman–Crippen MR) is 116 cm³/mol. The van der Waals surface area contributed by atoms with Crippen molar-refractivity contribution >= 4 is 33.2 Å². The van der Waals surface area contributed by atoms with Crippen LogP contribution in [0, 0.1) is 25.2 Å². The zero-order chi connectivity index (χ0) is 21.9. The van der Waals surface area contributed by atoms with Crippen molar-refractivity contribution in [3.8, 4) is 6.07 Å². The Balaban J connectivity index is 1.58. The Morgan fingerprint density at radius 2 is 1.83 bits per heavy atom. The number of carbonyl (C=O) groups is 1. The smallest absolute Gasteiger partial charge is 0.243 e. The summed E-state index contributed by atoms with van der Waals surface area (Å²) in [4.78, 5) is 14.6. The quantitative estimate of drug-likeness (QED) is 0.762. The van der Waals surface area contributed by atoms with Gasteiger partial charge in [0.05, 0.1) is 22.0 Å². The van der Waals surface area contributed by atoms with Crippen LogP contribution < -0.4 is 5.32 Å². The Hall–Kier alpha value is -2.44. The lowest BCUT2D eigenvalue weighted by Crippen LogP contribution is -2.50. The molecule has 2 aromatic rings. The van der Waals surface area contributed by atoms with Crippen LogP contribution >= 0.6 is 11.6 Å². The van der Waals surface area contributed by atoms with Crippen LogP contribution in [-0.2, 0) is 14.8 Å². The molecule has 0 saturated carbocycles. The third-order valence-corrected chi connectivity index (χ3v) is 7.39. The van der Waals surface area contributed by atoms with Crippen molar-refractivity contribution in [2.45, 2.75) is 18.7 Å². The van der Waals surface area contributed by atoms with E-state index in [1.54, 1.807) is 25.1 Å². The van der Waals surface area contributed by atoms with E-state index in [4.69, 9.17) is 16.9 Å². The molecule has 0 bridgehead atoms. The summed E-state index contributed by atoms with van der Waals surface area (Å²) in [5.74, 6) is -0.221. The molecular weight excluding hydrogens is 424 g/mol. The Labute approximate surface area is 181 Å². The van der Waals surface area contributed by atoms with Crippen molar-refractivity contribution in [1.29, 1.82) is 5.26 Å². The van der Waals surface area contributed by atoms with Crippen LogP contribution in [0.5, 0.6) is 0 Å². The third-order valence-electron chi connectivity index (χ3n) is 5.03. The highest BCUT2D eigenvalue weighted by atomic mass is 35.5. The van der Waals surface area contributed by atoms with Gasteiger partial charge < -0.3 is 5.32 Å². The van der Waals surface area contributed by atoms with Crippen molar-refractivity contribution in [2.24, 2.45) is 0 Å². The third kappa shape index (κ3) is 4.99. The molecule has 0 spiro atoms. The number of anilines is 1. The van der Waals surface area contributed by atoms with Crippen molar-refractivity contribution in [3.63, 3.8) is 0 Å². The summed E-state index contributed by atoms with van der Waals surface area (Å²) in [5, 5.41) is 11.9. The molecule has 1 aliphatic heterocycles. The van der Waals surface area contributed by atoms with Crippen LogP contribution in [0.2, 0.25) is 5.02 Å². The number of halogens is 1. The van der Waals surface area contributed by atoms with E-state index in [1.807, 2.05) is 30.0 Å². The van der Waals surface area contributed by atoms with E-state index < -0.39 is 10.0 Å². The summed E-state index contributed by atoms with van der Waals surface area (Å²) in [6.45, 7) is 5.39. The van der Waals surface area contributed by atoms with Crippen LogP contribution in [0.1, 0.15) is 16.7 Å². The van der Waals surface area contributed by atoms with E-state index in [1.165, 1.54) is 10.4 Å². The molecular formula is C21H23ClN4O3S. The van der Waals surface area contributed by atoms with Crippen LogP contribution in [0.25, 0.3) is 0 Å². The van der Waals surface area contributed by atoms with Gasteiger partial charge in [-0.3, -0.25) is 9.69 Å². The van der Waals surface area contributed by atoms with Crippen LogP contribution in [-0.4, -0.2) is 56.3 Å². The minimum absolute atomic E-state index is 0.148. The second kappa shape index (κ2) is 9.14. The molecule has 0 unspecified atom stereocenters. The van der Waals surface area contributed by atoms with E-state index >= 15 is 0 Å². The topological polar surface area (TPSA) is 93.5 Å². The zero-order valence-electron chi connectivity index (χ0n) is 16.9. The van der Waals surface area contributed by atoms with Crippen molar-refractivity contribution < 1.29 is 13.2 Å². The van der Waals surface area contributed by atoms with E-state index in [2.05, 4.69) is 5.32 Å². The Kier molecular flexibility index (Phi) is 6.78. The number of nitrogens with zero attached hydrogens (tertiary/aromatic N) is 3. The molecule has 7 nitrogen and oxygen atoms in total. The molecule has 2 aromatic carbocycles. The first-order chi connectivity index (χ1) is 14.2. The summed E-state index contributed by atoms with van der Waals surface area (Å²) in [5.41, 5.74) is 2.48. The summed E-state index contributed by atoms with van der Waals surface area (Å²) >= 11 is 5.99. The Morgan fingerprint density at radius 3 is 2.47 bits per heavy atom. The molecule has 0 radical (unpaired) electrons. The van der Waals surface area contributed by atoms with E-state index in [0.29, 0.717) is 42.3 Å². The Morgan fingerprint density at radius 1 is 1.13 bits per heavy atom. The van der Waals surface area contributed by atoms with Crippen LogP contribution in [0.15, 0.2) is 41.3 Å². The average molecular weight is 447 g/mol. The molecule has 0 aromatic heterocycles. The fourth-order valence-corrected chi connectivity index (χ4v) is 5.29. The van der Waals surface area contributed by atoms with Crippen molar-refractivity contribution in [1.82, 2.24) is 9.21 Å². The van der Waals surface area contributed by atoms with Crippen LogP contribution in [0.3, 0.4) is 0 Å². The van der Waals surface area contributed by atoms with Gasteiger partial charge in [0.25, 0.3) is 0 Å². The lowest BCUT2D eigenvalue weighted by molar-refractivity contribution is -0.117. The summed E-state index contributed by atoms with van der Waals surface area (Å²) in [7, 11) is -3.56. The fraction of sp³-hybridized carbons (Fsp3) is 0.333. The van der Waals surface area contributed by atoms with Gasteiger partial charge in [-0.15, -0.1) is 0 Å². The number of hydrogen-bond acceptors (Lipinski definition) is 5. The molecule has 158 valence electrons. The largest absolute Gasteiger partial charge is 0.325 e. The maximum Gasteiger partial charge on any atom is 0.243 e. The predicted octanol–water partition coefficient (Wildman–Crippen LogP) is 2.77. The summed E-state index contributed by atoms with van der Waals surface area (Å²) < 4.78 is 27.5. The number of aryl methyl sites for hydroxylation is 2. The number of nitrogens with one attached hydrogen (secondary N) is 1. The number of piperazine rings is 1. The van der Waals surface area contributed by atoms with Gasteiger partial charge in [0, 0.05) is 31.9 Å². The Bertz CT molecular complexity index is 1100. The van der Waals surface area contributed by atoms with Crippen molar-refractivity contribution in [2.75, 3.05) is 38.0 Å². The van der Waals surface area contributed by atoms with E-state index in [-0.39, 0.29) is 17.5 Å². The monoisotopic (exact) mass is 446 g/mol. The molecule has 1 aliphatic rings. The first-order valence-corrected chi connectivity index (χ1v) is 11.3. The zero-order valence-corrected chi connectivity index (χ0v) is 18.4. The average Bonchev–Trinajstić information content (AvgIpc) is 2.70. The van der Waals surface area contributed by atoms with E-state index in [9.17, 15) is 13.2 Å². The number of rotatable bonds is 5. The van der Waals surface area contributed by atoms with Gasteiger partial charge in [-0.05, 0) is 49.2 Å². The fourth-order valence-electron chi connectivity index (χ4n) is 3.34. The number of amides is 1. The highest BCUT2D eigenvalue weighted by Gasteiger charge is 2.30. The van der Waals surface area contributed by atoms with Gasteiger partial charge in [-0.25, -0.2) is 8.42 Å². The standard InChI is InChI=1S/C21H23ClN4O3S/c1-15-3-4-16(2)20(11-15)30(28,29)26-9-7-25(8-10-26)14-21(27)24-18-6-5-17(13-23)19(22)12-18/h3-6,11-12H,7-10,14H2,1-2H3,(H,24,27). The molecule has 1 N–H and O–H groups in total. The maximum atomic E-state index is 13.0. The van der Waals surface area contributed by atoms with Gasteiger partial charge in [-0.2, -0.15) is 9.57 Å². The van der Waals surface area contributed by atoms with Crippen LogP contribution in [0.4, 0.5) is 5.69 Å². The molecule has 0 atom stereocenters. The van der Waals surface area contributed by atoms with E-state index in [0.717, 1.165) is 11.1 Å². The number of benzene rings is 2. The van der Waals surface area contributed by atoms with Gasteiger partial charge in [0.1, 0.15) is 6.07 Å². The van der Waals surface area contributed by atoms with Gasteiger partial charge in [-0.1, -0.05) is 23.7 Å². The number of hydrogen-bond donors (Lipinski definition) is 1. The van der Waals surface area contributed by atoms with Gasteiger partial charge >= 0.3 is 0 Å². The first-order valence-electron chi connectivity index (χ1n) is 9.50. The molecule has 3 rings (SSSR count). The molecule has 9 heteroatoms. The molecule has 1 amide bonds. The maximum absolute atomic E-state index is 13.0. The minimum Gasteiger partial charge on any atom is -0.325 e. The number of sulfonamides is 1. The lowest BCUT2D eigenvalue weighted by Gasteiger charge is -2.33. The molecule has 0 aliphatic carbocycles. The highest BCUT2D eigenvalue weighted by molar-refractivity contribution is 7.89. The summed E-state index contributed by atoms with van der Waals surface area (Å²) in [6, 6.07) is 12.1. The number of nitriles is 1. The van der Waals surface area contributed by atoms with Gasteiger partial charge in [0.15, 0.2) is 0 Å². The highest BCUT2D eigenvalue weighted by Crippen LogP contribution is 2.23. The molecule has 1 saturated heterocycles. The summed E-state index contributed by atoms with van der Waals surface area (Å²) in [6.07, 6.45) is 0. The van der Waals surface area contributed by atoms with Gasteiger partial charge in [0.2, 0.25) is 15.9 Å².